The lowest BCUT2D eigenvalue weighted by molar-refractivity contribution is -0.129. The van der Waals surface area contributed by atoms with Crippen LogP contribution in [0.1, 0.15) is 23.7 Å². The highest BCUT2D eigenvalue weighted by atomic mass is 32.2. The van der Waals surface area contributed by atoms with E-state index < -0.39 is 0 Å². The summed E-state index contributed by atoms with van der Waals surface area (Å²) in [6.07, 6.45) is 2.12. The van der Waals surface area contributed by atoms with Crippen molar-refractivity contribution in [3.63, 3.8) is 0 Å². The smallest absolute Gasteiger partial charge is 0.240 e. The Hall–Kier alpha value is -2.80. The van der Waals surface area contributed by atoms with Crippen molar-refractivity contribution in [2.75, 3.05) is 18.9 Å². The van der Waals surface area contributed by atoms with Gasteiger partial charge in [0.05, 0.1) is 0 Å². The first-order valence-electron chi connectivity index (χ1n) is 9.00. The van der Waals surface area contributed by atoms with Crippen molar-refractivity contribution in [2.45, 2.75) is 23.2 Å². The van der Waals surface area contributed by atoms with Crippen LogP contribution in [0.25, 0.3) is 11.4 Å². The van der Waals surface area contributed by atoms with Crippen LogP contribution in [0.5, 0.6) is 0 Å². The zero-order chi connectivity index (χ0) is 18.6. The van der Waals surface area contributed by atoms with Gasteiger partial charge in [-0.3, -0.25) is 4.79 Å². The molecule has 6 nitrogen and oxygen atoms in total. The second-order valence-corrected chi connectivity index (χ2v) is 7.56. The summed E-state index contributed by atoms with van der Waals surface area (Å²) in [4.78, 5) is 15.1. The van der Waals surface area contributed by atoms with Crippen molar-refractivity contribution in [3.8, 4) is 11.4 Å². The molecular formula is C20H21N5OS. The normalized spacial score (nSPS) is 15.0. The lowest BCUT2D eigenvalue weighted by Crippen LogP contribution is -2.31. The number of rotatable bonds is 5. The molecule has 0 radical (unpaired) electrons. The fourth-order valence-corrected chi connectivity index (χ4v) is 4.28. The quantitative estimate of drug-likeness (QED) is 0.544. The molecule has 1 fully saturated rings. The third-order valence-electron chi connectivity index (χ3n) is 4.66. The zero-order valence-corrected chi connectivity index (χ0v) is 15.7. The number of hydrogen-bond acceptors (Lipinski definition) is 5. The van der Waals surface area contributed by atoms with E-state index in [1.807, 2.05) is 65.6 Å². The molecule has 27 heavy (non-hydrogen) atoms. The van der Waals surface area contributed by atoms with Gasteiger partial charge in [-0.25, -0.2) is 4.68 Å². The van der Waals surface area contributed by atoms with Crippen LogP contribution in [0.15, 0.2) is 65.8 Å². The van der Waals surface area contributed by atoms with Crippen molar-refractivity contribution in [2.24, 2.45) is 0 Å². The van der Waals surface area contributed by atoms with Crippen LogP contribution in [0.4, 0.5) is 0 Å². The molecular weight excluding hydrogens is 358 g/mol. The molecule has 2 aromatic carbocycles. The Balaban J connectivity index is 1.64. The number of carbonyl (C=O) groups excluding carboxylic acids is 1. The highest BCUT2D eigenvalue weighted by molar-refractivity contribution is 8.00. The number of aromatic nitrogens is 3. The summed E-state index contributed by atoms with van der Waals surface area (Å²) in [5, 5.41) is 8.61. The maximum Gasteiger partial charge on any atom is 0.240 e. The van der Waals surface area contributed by atoms with Gasteiger partial charge in [-0.2, -0.15) is 0 Å². The number of carbonyl (C=O) groups is 1. The summed E-state index contributed by atoms with van der Waals surface area (Å²) in [5.41, 5.74) is 1.84. The summed E-state index contributed by atoms with van der Waals surface area (Å²) >= 11 is 1.35. The van der Waals surface area contributed by atoms with Crippen LogP contribution in [0, 0.1) is 0 Å². The van der Waals surface area contributed by atoms with Crippen molar-refractivity contribution in [1.82, 2.24) is 19.8 Å². The van der Waals surface area contributed by atoms with Gasteiger partial charge in [-0.1, -0.05) is 72.4 Å². The summed E-state index contributed by atoms with van der Waals surface area (Å²) in [6, 6.07) is 19.5. The largest absolute Gasteiger partial charge is 0.341 e. The lowest BCUT2D eigenvalue weighted by Gasteiger charge is -2.22. The van der Waals surface area contributed by atoms with Crippen LogP contribution in [-0.2, 0) is 4.79 Å². The van der Waals surface area contributed by atoms with Crippen LogP contribution < -0.4 is 5.84 Å². The van der Waals surface area contributed by atoms with Gasteiger partial charge >= 0.3 is 0 Å². The van der Waals surface area contributed by atoms with E-state index in [2.05, 4.69) is 10.2 Å². The molecule has 138 valence electrons. The Kier molecular flexibility index (Phi) is 5.11. The first kappa shape index (κ1) is 17.6. The molecule has 1 unspecified atom stereocenters. The molecule has 0 aliphatic carbocycles. The van der Waals surface area contributed by atoms with Gasteiger partial charge in [0.15, 0.2) is 5.82 Å². The number of amides is 1. The molecule has 2 N–H and O–H groups in total. The molecule has 0 saturated carbocycles. The van der Waals surface area contributed by atoms with Gasteiger partial charge in [0.2, 0.25) is 11.1 Å². The molecule has 7 heteroatoms. The monoisotopic (exact) mass is 379 g/mol. The minimum Gasteiger partial charge on any atom is -0.341 e. The predicted octanol–water partition coefficient (Wildman–Crippen LogP) is 3.11. The minimum atomic E-state index is -0.389. The molecule has 0 spiro atoms. The predicted molar refractivity (Wildman–Crippen MR) is 106 cm³/mol. The molecule has 2 heterocycles. The molecule has 1 aliphatic rings. The number of hydrogen-bond donors (Lipinski definition) is 1. The van der Waals surface area contributed by atoms with Gasteiger partial charge in [0.1, 0.15) is 5.25 Å². The van der Waals surface area contributed by atoms with E-state index in [0.29, 0.717) is 11.0 Å². The molecule has 3 aromatic rings. The fraction of sp³-hybridized carbons (Fsp3) is 0.250. The number of nitrogens with two attached hydrogens (primary N) is 1. The summed E-state index contributed by atoms with van der Waals surface area (Å²) in [5.74, 6) is 6.95. The summed E-state index contributed by atoms with van der Waals surface area (Å²) in [6.45, 7) is 1.63. The first-order valence-corrected chi connectivity index (χ1v) is 9.88. The highest BCUT2D eigenvalue weighted by Gasteiger charge is 2.30. The molecule has 1 atom stereocenters. The zero-order valence-electron chi connectivity index (χ0n) is 14.9. The Labute approximate surface area is 162 Å². The Bertz CT molecular complexity index is 907. The first-order chi connectivity index (χ1) is 13.2. The number of thioether (sulfide) groups is 1. The van der Waals surface area contributed by atoms with Gasteiger partial charge in [0, 0.05) is 18.7 Å². The highest BCUT2D eigenvalue weighted by Crippen LogP contribution is 2.37. The van der Waals surface area contributed by atoms with E-state index in [9.17, 15) is 4.79 Å². The Morgan fingerprint density at radius 1 is 0.963 bits per heavy atom. The number of benzene rings is 2. The van der Waals surface area contributed by atoms with Gasteiger partial charge in [-0.05, 0) is 18.4 Å². The van der Waals surface area contributed by atoms with Crippen LogP contribution in [0.2, 0.25) is 0 Å². The Morgan fingerprint density at radius 2 is 1.59 bits per heavy atom. The van der Waals surface area contributed by atoms with Crippen LogP contribution in [0.3, 0.4) is 0 Å². The standard InChI is InChI=1S/C20H21N5OS/c21-25-18(16-11-5-2-6-12-16)22-23-20(25)27-17(15-9-3-1-4-10-15)19(26)24-13-7-8-14-24/h1-6,9-12,17H,7-8,13-14,21H2. The van der Waals surface area contributed by atoms with Gasteiger partial charge in [0.25, 0.3) is 0 Å². The third kappa shape index (κ3) is 3.68. The topological polar surface area (TPSA) is 77.0 Å². The molecule has 4 rings (SSSR count). The van der Waals surface area contributed by atoms with Crippen LogP contribution >= 0.6 is 11.8 Å². The van der Waals surface area contributed by atoms with Gasteiger partial charge in [-0.15, -0.1) is 10.2 Å². The maximum absolute atomic E-state index is 13.1. The second kappa shape index (κ2) is 7.84. The second-order valence-electron chi connectivity index (χ2n) is 6.48. The van der Waals surface area contributed by atoms with Crippen LogP contribution in [-0.4, -0.2) is 38.8 Å². The summed E-state index contributed by atoms with van der Waals surface area (Å²) in [7, 11) is 0. The molecule has 1 saturated heterocycles. The van der Waals surface area contributed by atoms with E-state index in [-0.39, 0.29) is 11.2 Å². The van der Waals surface area contributed by atoms with Crippen molar-refractivity contribution >= 4 is 17.7 Å². The fourth-order valence-electron chi connectivity index (χ4n) is 3.24. The molecule has 1 amide bonds. The van der Waals surface area contributed by atoms with Crippen molar-refractivity contribution in [3.05, 3.63) is 66.2 Å². The SMILES string of the molecule is Nn1c(SC(C(=O)N2CCCC2)c2ccccc2)nnc1-c1ccccc1. The number of likely N-dealkylation sites (tertiary alicyclic amines) is 1. The van der Waals surface area contributed by atoms with Gasteiger partial charge < -0.3 is 10.7 Å². The lowest BCUT2D eigenvalue weighted by atomic mass is 10.1. The summed E-state index contributed by atoms with van der Waals surface area (Å²) < 4.78 is 1.47. The minimum absolute atomic E-state index is 0.105. The van der Waals surface area contributed by atoms with Crippen molar-refractivity contribution in [1.29, 1.82) is 0 Å². The third-order valence-corrected chi connectivity index (χ3v) is 5.86. The molecule has 1 aliphatic heterocycles. The Morgan fingerprint density at radius 3 is 2.26 bits per heavy atom. The van der Waals surface area contributed by atoms with Crippen molar-refractivity contribution < 1.29 is 4.79 Å². The number of nitrogen functional groups attached to an aromatic ring is 1. The average molecular weight is 379 g/mol. The number of nitrogens with zero attached hydrogens (tertiary/aromatic N) is 4. The van der Waals surface area contributed by atoms with E-state index in [4.69, 9.17) is 5.84 Å². The molecule has 0 bridgehead atoms. The van der Waals surface area contributed by atoms with E-state index in [0.717, 1.165) is 37.1 Å². The maximum atomic E-state index is 13.1. The average Bonchev–Trinajstić information content (AvgIpc) is 3.37. The molecule has 1 aromatic heterocycles. The van der Waals surface area contributed by atoms with E-state index >= 15 is 0 Å². The van der Waals surface area contributed by atoms with E-state index in [1.165, 1.54) is 16.4 Å². The van der Waals surface area contributed by atoms with E-state index in [1.54, 1.807) is 0 Å².